The van der Waals surface area contributed by atoms with Gasteiger partial charge in [0.2, 0.25) is 11.8 Å². The molecule has 2 bridgehead atoms. The maximum absolute atomic E-state index is 14.2. The highest BCUT2D eigenvalue weighted by molar-refractivity contribution is 5.97. The van der Waals surface area contributed by atoms with Crippen molar-refractivity contribution in [2.45, 2.75) is 111 Å². The highest BCUT2D eigenvalue weighted by Crippen LogP contribution is 2.61. The van der Waals surface area contributed by atoms with Crippen LogP contribution in [0.4, 0.5) is 5.69 Å². The molecule has 3 saturated carbocycles. The molecule has 0 unspecified atom stereocenters. The van der Waals surface area contributed by atoms with Crippen molar-refractivity contribution in [2.75, 3.05) is 53.3 Å². The van der Waals surface area contributed by atoms with Gasteiger partial charge in [-0.3, -0.25) is 24.0 Å². The molecule has 3 aliphatic carbocycles. The van der Waals surface area contributed by atoms with Crippen molar-refractivity contribution in [1.82, 2.24) is 25.9 Å². The van der Waals surface area contributed by atoms with Gasteiger partial charge in [-0.2, -0.15) is 5.06 Å². The minimum atomic E-state index is -1.30. The predicted octanol–water partition coefficient (Wildman–Crippen LogP) is 4.54. The number of carbonyl (C=O) groups excluding carboxylic acids is 3. The molecule has 14 nitrogen and oxygen atoms in total. The summed E-state index contributed by atoms with van der Waals surface area (Å²) in [6.07, 6.45) is -0.0184. The van der Waals surface area contributed by atoms with Crippen LogP contribution in [-0.2, 0) is 25.8 Å². The van der Waals surface area contributed by atoms with E-state index in [-0.39, 0.29) is 66.6 Å². The number of nitrogens with zero attached hydrogens (tertiary/aromatic N) is 3. The van der Waals surface area contributed by atoms with Gasteiger partial charge in [0.05, 0.1) is 20.1 Å². The third kappa shape index (κ3) is 10.9. The first-order valence-corrected chi connectivity index (χ1v) is 20.9. The number of carbonyl (C=O) groups is 4. The van der Waals surface area contributed by atoms with E-state index >= 15 is 0 Å². The summed E-state index contributed by atoms with van der Waals surface area (Å²) >= 11 is 0. The first-order chi connectivity index (χ1) is 27.6. The molecule has 0 radical (unpaired) electrons. The lowest BCUT2D eigenvalue weighted by Crippen LogP contribution is -2.62. The predicted molar refractivity (Wildman–Crippen MR) is 228 cm³/mol. The van der Waals surface area contributed by atoms with Crippen molar-refractivity contribution < 1.29 is 39.0 Å². The van der Waals surface area contributed by atoms with Gasteiger partial charge in [0.15, 0.2) is 0 Å². The molecular formula is C45H68N6O8. The topological polar surface area (TPSA) is 173 Å². The van der Waals surface area contributed by atoms with Crippen molar-refractivity contribution in [3.05, 3.63) is 47.5 Å². The quantitative estimate of drug-likeness (QED) is 0.152. The lowest BCUT2D eigenvalue weighted by molar-refractivity contribution is -0.177. The van der Waals surface area contributed by atoms with E-state index in [2.05, 4.69) is 62.4 Å². The Hall–Kier alpha value is -4.24. The van der Waals surface area contributed by atoms with Gasteiger partial charge < -0.3 is 40.7 Å². The lowest BCUT2D eigenvalue weighted by Gasteiger charge is -2.62. The molecular weight excluding hydrogens is 753 g/mol. The second-order valence-corrected chi connectivity index (χ2v) is 19.3. The Morgan fingerprint density at radius 1 is 1.05 bits per heavy atom. The largest absolute Gasteiger partial charge is 0.496 e. The second-order valence-electron chi connectivity index (χ2n) is 19.3. The minimum Gasteiger partial charge on any atom is -0.496 e. The number of carboxylic acids is 1. The molecule has 326 valence electrons. The molecule has 1 heterocycles. The van der Waals surface area contributed by atoms with Crippen molar-refractivity contribution in [3.8, 4) is 16.9 Å². The molecule has 59 heavy (non-hydrogen) atoms. The Balaban J connectivity index is 1.44. The molecule has 3 amide bonds. The summed E-state index contributed by atoms with van der Waals surface area (Å²) in [5.74, 6) is -0.350. The summed E-state index contributed by atoms with van der Waals surface area (Å²) in [5.41, 5.74) is 3.72. The number of likely N-dealkylation sites (N-methyl/N-ethyl adjacent to an activating group) is 1. The van der Waals surface area contributed by atoms with Crippen LogP contribution in [0.25, 0.3) is 11.1 Å². The number of fused-ring (bicyclic) bond motifs is 2. The summed E-state index contributed by atoms with van der Waals surface area (Å²) < 4.78 is 6.08. The van der Waals surface area contributed by atoms with Crippen LogP contribution < -0.4 is 25.6 Å². The van der Waals surface area contributed by atoms with Gasteiger partial charge >= 0.3 is 5.97 Å². The Bertz CT molecular complexity index is 1840. The van der Waals surface area contributed by atoms with Crippen LogP contribution >= 0.6 is 0 Å². The average molecular weight is 821 g/mol. The number of rotatable bonds is 17. The maximum Gasteiger partial charge on any atom is 0.303 e. The van der Waals surface area contributed by atoms with E-state index in [1.54, 1.807) is 7.11 Å². The summed E-state index contributed by atoms with van der Waals surface area (Å²) in [5, 5.41) is 31.4. The van der Waals surface area contributed by atoms with E-state index in [9.17, 15) is 24.3 Å². The molecule has 14 heteroatoms. The van der Waals surface area contributed by atoms with E-state index in [0.717, 1.165) is 36.1 Å². The number of carboxylic acid groups (broad SMARTS) is 1. The number of hydroxylamine groups is 2. The van der Waals surface area contributed by atoms with Gasteiger partial charge in [0.25, 0.3) is 5.91 Å². The monoisotopic (exact) mass is 821 g/mol. The summed E-state index contributed by atoms with van der Waals surface area (Å²) in [6, 6.07) is 10.2. The van der Waals surface area contributed by atoms with Crippen LogP contribution in [0.1, 0.15) is 89.6 Å². The zero-order valence-electron chi connectivity index (χ0n) is 36.9. The average Bonchev–Trinajstić information content (AvgIpc) is 3.45. The molecule has 0 aromatic heterocycles. The number of aliphatic hydroxyl groups is 1. The number of hydrogen-bond donors (Lipinski definition) is 5. The van der Waals surface area contributed by atoms with Gasteiger partial charge in [-0.15, -0.1) is 0 Å². The molecule has 1 aliphatic heterocycles. The third-order valence-corrected chi connectivity index (χ3v) is 12.7. The van der Waals surface area contributed by atoms with Crippen LogP contribution in [0.15, 0.2) is 36.4 Å². The number of aliphatic carboxylic acids is 1. The van der Waals surface area contributed by atoms with Gasteiger partial charge in [0, 0.05) is 68.1 Å². The molecule has 8 atom stereocenters. The normalized spacial score (nSPS) is 25.5. The number of amides is 3. The van der Waals surface area contributed by atoms with E-state index < -0.39 is 30.1 Å². The SMILES string of the molecule is COc1c(CN2O[C@@H](CNC(=O)CCC(=O)O)[C@@H](O)[C@H]2C(=O)N[C@H]2C[C@H]3C[C@@H]([C@@H]2C)C3(C)C)cccc1-c1cc(C(=O)N[C@H](CN(C)C)CC(C)(C)C)cc(N(C)C)c1. The number of para-hydroxylation sites is 1. The molecule has 2 aromatic carbocycles. The van der Waals surface area contributed by atoms with Crippen LogP contribution in [0.5, 0.6) is 5.75 Å². The first kappa shape index (κ1) is 45.8. The smallest absolute Gasteiger partial charge is 0.303 e. The van der Waals surface area contributed by atoms with Crippen LogP contribution in [0, 0.1) is 28.6 Å². The molecule has 4 aliphatic rings. The Morgan fingerprint density at radius 2 is 1.76 bits per heavy atom. The fourth-order valence-corrected chi connectivity index (χ4v) is 9.50. The van der Waals surface area contributed by atoms with Crippen LogP contribution in [0.2, 0.25) is 0 Å². The van der Waals surface area contributed by atoms with E-state index in [1.165, 1.54) is 5.06 Å². The molecule has 0 spiro atoms. The van der Waals surface area contributed by atoms with E-state index in [0.29, 0.717) is 35.3 Å². The number of methoxy groups -OCH3 is 1. The Morgan fingerprint density at radius 3 is 2.36 bits per heavy atom. The minimum absolute atomic E-state index is 0.00882. The standard InChI is InChI=1S/C45H68N6O8/c1-26-34-20-30(45(34,5)6)21-35(26)48-43(57)39-40(55)36(23-46-37(52)15-16-38(53)54)59-51(39)24-27-13-12-14-33(41(27)58-11)28-17-29(19-32(18-28)50(9)10)42(56)47-31(25-49(7)8)22-44(2,3)4/h12-14,17-19,26,30-31,34-36,39-40,55H,15-16,20-25H2,1-11H3,(H,46,52)(H,47,56)(H,48,57)(H,53,54)/t26-,30+,31-,34-,35-,36-,39-,40+/m0/s1. The highest BCUT2D eigenvalue weighted by atomic mass is 16.7. The maximum atomic E-state index is 14.2. The van der Waals surface area contributed by atoms with Crippen molar-refractivity contribution >= 4 is 29.4 Å². The Labute approximate surface area is 350 Å². The second kappa shape index (κ2) is 18.6. The molecule has 4 fully saturated rings. The number of anilines is 1. The summed E-state index contributed by atoms with van der Waals surface area (Å²) in [6.45, 7) is 13.9. The van der Waals surface area contributed by atoms with E-state index in [1.807, 2.05) is 69.5 Å². The fraction of sp³-hybridized carbons (Fsp3) is 0.644. The zero-order chi connectivity index (χ0) is 43.6. The molecule has 1 saturated heterocycles. The van der Waals surface area contributed by atoms with E-state index in [4.69, 9.17) is 14.7 Å². The molecule has 2 aromatic rings. The zero-order valence-corrected chi connectivity index (χ0v) is 36.9. The van der Waals surface area contributed by atoms with Gasteiger partial charge in [0.1, 0.15) is 24.0 Å². The van der Waals surface area contributed by atoms with Gasteiger partial charge in [-0.1, -0.05) is 59.7 Å². The van der Waals surface area contributed by atoms with Crippen molar-refractivity contribution in [3.63, 3.8) is 0 Å². The number of ether oxygens (including phenoxy) is 1. The van der Waals surface area contributed by atoms with Gasteiger partial charge in [-0.25, -0.2) is 0 Å². The number of hydrogen-bond acceptors (Lipinski definition) is 10. The fourth-order valence-electron chi connectivity index (χ4n) is 9.50. The number of benzene rings is 2. The van der Waals surface area contributed by atoms with Crippen LogP contribution in [-0.4, -0.2) is 123 Å². The number of aliphatic hydroxyl groups excluding tert-OH is 1. The van der Waals surface area contributed by atoms with Crippen molar-refractivity contribution in [1.29, 1.82) is 0 Å². The number of nitrogens with one attached hydrogen (secondary N) is 3. The Kier molecular flexibility index (Phi) is 14.4. The summed E-state index contributed by atoms with van der Waals surface area (Å²) in [7, 11) is 9.41. The summed E-state index contributed by atoms with van der Waals surface area (Å²) in [4.78, 5) is 62.0. The lowest BCUT2D eigenvalue weighted by atomic mass is 9.45. The molecule has 5 N–H and O–H groups in total. The van der Waals surface area contributed by atoms with Crippen molar-refractivity contribution in [2.24, 2.45) is 28.6 Å². The molecule has 6 rings (SSSR count). The highest BCUT2D eigenvalue weighted by Gasteiger charge is 2.57. The first-order valence-electron chi connectivity index (χ1n) is 20.9. The van der Waals surface area contributed by atoms with Crippen LogP contribution in [0.3, 0.4) is 0 Å². The third-order valence-electron chi connectivity index (χ3n) is 12.7. The van der Waals surface area contributed by atoms with Gasteiger partial charge in [-0.05, 0) is 85.7 Å².